The number of nitrogens with zero attached hydrogens (tertiary/aromatic N) is 2. The van der Waals surface area contributed by atoms with E-state index in [2.05, 4.69) is 5.10 Å². The first-order chi connectivity index (χ1) is 13.5. The maximum absolute atomic E-state index is 13.2. The number of carbonyl (C=O) groups is 3. The number of hydrazone groups is 1. The van der Waals surface area contributed by atoms with E-state index >= 15 is 0 Å². The van der Waals surface area contributed by atoms with Gasteiger partial charge in [0.05, 0.1) is 5.69 Å². The quantitative estimate of drug-likeness (QED) is 0.464. The van der Waals surface area contributed by atoms with Crippen molar-refractivity contribution in [1.82, 2.24) is 5.48 Å². The van der Waals surface area contributed by atoms with Gasteiger partial charge in [-0.2, -0.15) is 5.10 Å². The molecule has 1 aliphatic heterocycles. The highest BCUT2D eigenvalue weighted by Crippen LogP contribution is 2.33. The molecule has 2 atom stereocenters. The Morgan fingerprint density at radius 2 is 1.89 bits per heavy atom. The first kappa shape index (κ1) is 20.0. The average molecular weight is 386 g/mol. The molecule has 0 radical (unpaired) electrons. The normalized spacial score (nSPS) is 20.7. The van der Waals surface area contributed by atoms with Crippen LogP contribution in [0.3, 0.4) is 0 Å². The molecule has 1 aromatic carbocycles. The molecular formula is C20H26N4O4. The van der Waals surface area contributed by atoms with Crippen molar-refractivity contribution in [3.63, 3.8) is 0 Å². The van der Waals surface area contributed by atoms with Gasteiger partial charge < -0.3 is 5.73 Å². The minimum absolute atomic E-state index is 0.0998. The topological polar surface area (TPSA) is 125 Å². The van der Waals surface area contributed by atoms with Gasteiger partial charge in [0.25, 0.3) is 0 Å². The van der Waals surface area contributed by atoms with E-state index < -0.39 is 23.8 Å². The Kier molecular flexibility index (Phi) is 6.41. The Labute approximate surface area is 163 Å². The maximum atomic E-state index is 13.2. The van der Waals surface area contributed by atoms with Gasteiger partial charge in [-0.25, -0.2) is 5.48 Å². The minimum atomic E-state index is -0.736. The van der Waals surface area contributed by atoms with Crippen LogP contribution >= 0.6 is 0 Å². The van der Waals surface area contributed by atoms with Crippen LogP contribution in [0, 0.1) is 11.8 Å². The van der Waals surface area contributed by atoms with E-state index in [1.54, 1.807) is 17.6 Å². The monoisotopic (exact) mass is 386 g/mol. The van der Waals surface area contributed by atoms with Crippen molar-refractivity contribution in [3.8, 4) is 0 Å². The fourth-order valence-electron chi connectivity index (χ4n) is 4.14. The molecule has 0 spiro atoms. The third-order valence-electron chi connectivity index (χ3n) is 5.56. The molecule has 1 unspecified atom stereocenters. The first-order valence-electron chi connectivity index (χ1n) is 9.67. The van der Waals surface area contributed by atoms with Crippen molar-refractivity contribution >= 4 is 29.0 Å². The molecule has 0 bridgehead atoms. The van der Waals surface area contributed by atoms with Gasteiger partial charge in [0.2, 0.25) is 11.8 Å². The third-order valence-corrected chi connectivity index (χ3v) is 5.56. The lowest BCUT2D eigenvalue weighted by Crippen LogP contribution is -2.39. The fourth-order valence-corrected chi connectivity index (χ4v) is 4.14. The highest BCUT2D eigenvalue weighted by atomic mass is 16.5. The number of primary amides is 1. The predicted molar refractivity (Wildman–Crippen MR) is 104 cm³/mol. The number of hydrogen-bond acceptors (Lipinski definition) is 6. The summed E-state index contributed by atoms with van der Waals surface area (Å²) in [6.07, 6.45) is 4.93. The van der Waals surface area contributed by atoms with Crippen LogP contribution in [0.25, 0.3) is 0 Å². The van der Waals surface area contributed by atoms with E-state index in [9.17, 15) is 14.4 Å². The Balaban J connectivity index is 1.82. The summed E-state index contributed by atoms with van der Waals surface area (Å²) < 4.78 is 0. The summed E-state index contributed by atoms with van der Waals surface area (Å²) in [7, 11) is 0. The van der Waals surface area contributed by atoms with Gasteiger partial charge >= 0.3 is 0 Å². The Morgan fingerprint density at radius 1 is 1.21 bits per heavy atom. The van der Waals surface area contributed by atoms with Crippen LogP contribution in [0.15, 0.2) is 35.4 Å². The summed E-state index contributed by atoms with van der Waals surface area (Å²) >= 11 is 0. The molecule has 2 aliphatic rings. The third kappa shape index (κ3) is 4.56. The molecule has 1 fully saturated rings. The molecule has 8 nitrogen and oxygen atoms in total. The van der Waals surface area contributed by atoms with Gasteiger partial charge in [-0.15, -0.1) is 0 Å². The second-order valence-corrected chi connectivity index (χ2v) is 7.54. The second-order valence-electron chi connectivity index (χ2n) is 7.54. The molecule has 8 heteroatoms. The largest absolute Gasteiger partial charge is 0.368 e. The summed E-state index contributed by atoms with van der Waals surface area (Å²) in [5.41, 5.74) is 8.07. The van der Waals surface area contributed by atoms with Crippen molar-refractivity contribution < 1.29 is 19.6 Å². The number of rotatable bonds is 8. The van der Waals surface area contributed by atoms with Gasteiger partial charge in [0.1, 0.15) is 11.8 Å². The van der Waals surface area contributed by atoms with E-state index in [4.69, 9.17) is 10.9 Å². The highest BCUT2D eigenvalue weighted by molar-refractivity contribution is 6.42. The zero-order chi connectivity index (χ0) is 20.1. The van der Waals surface area contributed by atoms with Crippen LogP contribution in [-0.2, 0) is 14.4 Å². The van der Waals surface area contributed by atoms with Gasteiger partial charge in [-0.05, 0) is 24.5 Å². The van der Waals surface area contributed by atoms with Crippen LogP contribution in [0.4, 0.5) is 5.69 Å². The van der Waals surface area contributed by atoms with E-state index in [1.165, 1.54) is 5.01 Å². The lowest BCUT2D eigenvalue weighted by atomic mass is 9.85. The maximum Gasteiger partial charge on any atom is 0.244 e. The summed E-state index contributed by atoms with van der Waals surface area (Å²) in [6, 6.07) is 8.33. The SMILES string of the molecule is NC(=O)C1CC(C(=O)[C@@H](CC(=O)NO)CC2CCCC2)=NN1c1ccccc1. The number of hydroxylamine groups is 1. The lowest BCUT2D eigenvalue weighted by Gasteiger charge is -2.20. The smallest absolute Gasteiger partial charge is 0.244 e. The molecule has 28 heavy (non-hydrogen) atoms. The Hall–Kier alpha value is -2.74. The number of carbonyl (C=O) groups excluding carboxylic acids is 3. The van der Waals surface area contributed by atoms with Gasteiger partial charge in [-0.3, -0.25) is 24.6 Å². The summed E-state index contributed by atoms with van der Waals surface area (Å²) in [5.74, 6) is -1.59. The molecule has 0 aromatic heterocycles. The molecular weight excluding hydrogens is 360 g/mol. The number of nitrogens with one attached hydrogen (secondary N) is 1. The van der Waals surface area contributed by atoms with Crippen molar-refractivity contribution in [3.05, 3.63) is 30.3 Å². The number of amides is 2. The Morgan fingerprint density at radius 3 is 2.50 bits per heavy atom. The molecule has 1 aromatic rings. The van der Waals surface area contributed by atoms with E-state index in [1.807, 2.05) is 18.2 Å². The van der Waals surface area contributed by atoms with Gasteiger partial charge in [-0.1, -0.05) is 43.9 Å². The summed E-state index contributed by atoms with van der Waals surface area (Å²) in [4.78, 5) is 36.8. The molecule has 3 rings (SSSR count). The van der Waals surface area contributed by atoms with Crippen LogP contribution in [0.2, 0.25) is 0 Å². The molecule has 4 N–H and O–H groups in total. The number of hydrogen-bond donors (Lipinski definition) is 3. The van der Waals surface area contributed by atoms with Gasteiger partial charge in [0, 0.05) is 18.8 Å². The minimum Gasteiger partial charge on any atom is -0.368 e. The highest BCUT2D eigenvalue weighted by Gasteiger charge is 2.38. The van der Waals surface area contributed by atoms with Crippen molar-refractivity contribution in [2.45, 2.75) is 51.0 Å². The van der Waals surface area contributed by atoms with E-state index in [-0.39, 0.29) is 24.3 Å². The lowest BCUT2D eigenvalue weighted by molar-refractivity contribution is -0.132. The number of para-hydroxylation sites is 1. The van der Waals surface area contributed by atoms with Crippen LogP contribution in [0.5, 0.6) is 0 Å². The number of Topliss-reactive ketones (excluding diaryl/α,β-unsaturated/α-hetero) is 1. The average Bonchev–Trinajstić information content (AvgIpc) is 3.37. The molecule has 150 valence electrons. The fraction of sp³-hybridized carbons (Fsp3) is 0.500. The predicted octanol–water partition coefficient (Wildman–Crippen LogP) is 1.77. The van der Waals surface area contributed by atoms with E-state index in [0.717, 1.165) is 25.7 Å². The standard InChI is InChI=1S/C20H26N4O4/c21-20(27)17-12-16(22-24(17)15-8-2-1-3-9-15)19(26)14(11-18(25)23-28)10-13-6-4-5-7-13/h1-3,8-9,13-14,17,28H,4-7,10-12H2,(H2,21,27)(H,23,25)/t14-,17?/m1/s1. The molecule has 1 saturated carbocycles. The zero-order valence-corrected chi connectivity index (χ0v) is 15.7. The molecule has 1 heterocycles. The second kappa shape index (κ2) is 8.97. The summed E-state index contributed by atoms with van der Waals surface area (Å²) in [5, 5.41) is 14.8. The Bertz CT molecular complexity index is 759. The van der Waals surface area contributed by atoms with Crippen LogP contribution < -0.4 is 16.2 Å². The van der Waals surface area contributed by atoms with Crippen molar-refractivity contribution in [2.24, 2.45) is 22.7 Å². The van der Waals surface area contributed by atoms with Crippen molar-refractivity contribution in [2.75, 3.05) is 5.01 Å². The van der Waals surface area contributed by atoms with Gasteiger partial charge in [0.15, 0.2) is 5.78 Å². The zero-order valence-electron chi connectivity index (χ0n) is 15.7. The van der Waals surface area contributed by atoms with Crippen LogP contribution in [0.1, 0.15) is 44.9 Å². The van der Waals surface area contributed by atoms with E-state index in [0.29, 0.717) is 18.0 Å². The number of ketones is 1. The first-order valence-corrected chi connectivity index (χ1v) is 9.67. The number of anilines is 1. The van der Waals surface area contributed by atoms with Crippen LogP contribution in [-0.4, -0.2) is 34.6 Å². The molecule has 2 amide bonds. The number of nitrogens with two attached hydrogens (primary N) is 1. The summed E-state index contributed by atoms with van der Waals surface area (Å²) in [6.45, 7) is 0. The van der Waals surface area contributed by atoms with Crippen molar-refractivity contribution in [1.29, 1.82) is 0 Å². The number of benzene rings is 1. The molecule has 1 aliphatic carbocycles. The molecule has 0 saturated heterocycles.